The normalized spacial score (nSPS) is 16.5. The van der Waals surface area contributed by atoms with Crippen LogP contribution in [0.5, 0.6) is 0 Å². The molecule has 4 heteroatoms. The molecule has 0 heterocycles. The Morgan fingerprint density at radius 3 is 2.35 bits per heavy atom. The molecular formula is C19H24ClNO2. The number of hydrogen-bond donors (Lipinski definition) is 1. The van der Waals surface area contributed by atoms with Crippen molar-refractivity contribution >= 4 is 28.9 Å². The van der Waals surface area contributed by atoms with Crippen LogP contribution in [0, 0.1) is 5.92 Å². The predicted molar refractivity (Wildman–Crippen MR) is 94.7 cm³/mol. The van der Waals surface area contributed by atoms with Crippen LogP contribution in [0.1, 0.15) is 56.5 Å². The Hall–Kier alpha value is -1.61. The van der Waals surface area contributed by atoms with Gasteiger partial charge in [0, 0.05) is 11.6 Å². The van der Waals surface area contributed by atoms with Gasteiger partial charge in [0.05, 0.1) is 11.0 Å². The molecule has 2 rings (SSSR count). The topological polar surface area (TPSA) is 46.2 Å². The van der Waals surface area contributed by atoms with Crippen molar-refractivity contribution in [1.82, 2.24) is 5.32 Å². The first-order valence-corrected chi connectivity index (χ1v) is 8.65. The minimum atomic E-state index is -0.351. The molecule has 0 aromatic heterocycles. The second-order valence-electron chi connectivity index (χ2n) is 6.46. The summed E-state index contributed by atoms with van der Waals surface area (Å²) in [6.45, 7) is 7.93. The Balaban J connectivity index is 2.53. The average molecular weight is 334 g/mol. The second kappa shape index (κ2) is 7.31. The number of allylic oxidation sites excluding steroid dienone is 1. The van der Waals surface area contributed by atoms with Gasteiger partial charge in [-0.2, -0.15) is 0 Å². The van der Waals surface area contributed by atoms with Crippen LogP contribution in [-0.4, -0.2) is 23.1 Å². The van der Waals surface area contributed by atoms with Crippen molar-refractivity contribution in [3.63, 3.8) is 0 Å². The molecule has 1 amide bonds. The fourth-order valence-electron chi connectivity index (χ4n) is 3.04. The van der Waals surface area contributed by atoms with E-state index in [1.165, 1.54) is 0 Å². The van der Waals surface area contributed by atoms with E-state index >= 15 is 0 Å². The molecule has 1 aromatic rings. The zero-order valence-corrected chi connectivity index (χ0v) is 14.9. The summed E-state index contributed by atoms with van der Waals surface area (Å²) in [5.41, 5.74) is 2.27. The number of nitrogens with one attached hydrogen (secondary N) is 1. The lowest BCUT2D eigenvalue weighted by Crippen LogP contribution is -2.34. The van der Waals surface area contributed by atoms with Crippen LogP contribution < -0.4 is 5.32 Å². The van der Waals surface area contributed by atoms with Crippen molar-refractivity contribution in [2.45, 2.75) is 52.0 Å². The Kier molecular flexibility index (Phi) is 5.64. The molecule has 0 bridgehead atoms. The predicted octanol–water partition coefficient (Wildman–Crippen LogP) is 4.20. The van der Waals surface area contributed by atoms with Crippen molar-refractivity contribution in [1.29, 1.82) is 0 Å². The van der Waals surface area contributed by atoms with Crippen LogP contribution in [0.2, 0.25) is 0 Å². The molecule has 0 saturated heterocycles. The largest absolute Gasteiger partial charge is 0.350 e. The Morgan fingerprint density at radius 1 is 1.17 bits per heavy atom. The summed E-state index contributed by atoms with van der Waals surface area (Å²) in [5.74, 6) is -0.355. The van der Waals surface area contributed by atoms with Gasteiger partial charge in [0.1, 0.15) is 0 Å². The fourth-order valence-corrected chi connectivity index (χ4v) is 3.39. The Morgan fingerprint density at radius 2 is 1.78 bits per heavy atom. The maximum atomic E-state index is 12.7. The number of benzene rings is 1. The molecule has 2 atom stereocenters. The summed E-state index contributed by atoms with van der Waals surface area (Å²) < 4.78 is 0. The zero-order chi connectivity index (χ0) is 17.1. The number of carbonyl (C=O) groups excluding carboxylic acids is 2. The number of fused-ring (bicyclic) bond motifs is 1. The number of rotatable bonds is 6. The molecule has 3 nitrogen and oxygen atoms in total. The number of amides is 1. The van der Waals surface area contributed by atoms with Crippen LogP contribution in [-0.2, 0) is 4.79 Å². The standard InChI is InChI=1S/C19H24ClNO2/c1-5-8-12(4)17(20)15-13-9-6-7-10-14(13)18(22)16(15)19(23)21-11(2)3/h6-7,9-12,17H,5,8H2,1-4H3,(H,21,23). The lowest BCUT2D eigenvalue weighted by atomic mass is 9.91. The Labute approximate surface area is 143 Å². The third-order valence-corrected chi connectivity index (χ3v) is 4.77. The first-order chi connectivity index (χ1) is 10.9. The van der Waals surface area contributed by atoms with Crippen molar-refractivity contribution in [2.24, 2.45) is 5.92 Å². The SMILES string of the molecule is CCCC(C)C(Cl)C1=C(C(=O)NC(C)C)C(=O)c2ccccc21. The molecule has 2 unspecified atom stereocenters. The van der Waals surface area contributed by atoms with Crippen LogP contribution in [0.4, 0.5) is 0 Å². The van der Waals surface area contributed by atoms with E-state index < -0.39 is 0 Å². The van der Waals surface area contributed by atoms with Gasteiger partial charge in [-0.3, -0.25) is 9.59 Å². The van der Waals surface area contributed by atoms with E-state index in [9.17, 15) is 9.59 Å². The van der Waals surface area contributed by atoms with E-state index in [1.807, 2.05) is 32.0 Å². The molecule has 0 aliphatic heterocycles. The number of halogens is 1. The van der Waals surface area contributed by atoms with E-state index in [-0.39, 0.29) is 34.6 Å². The molecule has 124 valence electrons. The monoisotopic (exact) mass is 333 g/mol. The number of carbonyl (C=O) groups is 2. The van der Waals surface area contributed by atoms with Gasteiger partial charge < -0.3 is 5.32 Å². The highest BCUT2D eigenvalue weighted by atomic mass is 35.5. The zero-order valence-electron chi connectivity index (χ0n) is 14.2. The third-order valence-electron chi connectivity index (χ3n) is 4.12. The van der Waals surface area contributed by atoms with E-state index in [4.69, 9.17) is 11.6 Å². The summed E-state index contributed by atoms with van der Waals surface area (Å²) in [4.78, 5) is 25.3. The summed E-state index contributed by atoms with van der Waals surface area (Å²) >= 11 is 6.69. The number of hydrogen-bond acceptors (Lipinski definition) is 2. The van der Waals surface area contributed by atoms with Crippen LogP contribution in [0.3, 0.4) is 0 Å². The van der Waals surface area contributed by atoms with Gasteiger partial charge in [-0.15, -0.1) is 11.6 Å². The van der Waals surface area contributed by atoms with Crippen molar-refractivity contribution in [3.8, 4) is 0 Å². The minimum Gasteiger partial charge on any atom is -0.350 e. The molecule has 0 radical (unpaired) electrons. The fraction of sp³-hybridized carbons (Fsp3) is 0.474. The van der Waals surface area contributed by atoms with Crippen LogP contribution in [0.15, 0.2) is 29.8 Å². The van der Waals surface area contributed by atoms with Gasteiger partial charge in [0.15, 0.2) is 5.78 Å². The second-order valence-corrected chi connectivity index (χ2v) is 6.93. The molecule has 1 aliphatic carbocycles. The highest BCUT2D eigenvalue weighted by molar-refractivity contribution is 6.39. The highest BCUT2D eigenvalue weighted by Gasteiger charge is 2.38. The van der Waals surface area contributed by atoms with Crippen LogP contribution in [0.25, 0.3) is 5.57 Å². The smallest absolute Gasteiger partial charge is 0.255 e. The summed E-state index contributed by atoms with van der Waals surface area (Å²) in [7, 11) is 0. The molecule has 23 heavy (non-hydrogen) atoms. The first-order valence-electron chi connectivity index (χ1n) is 8.21. The Bertz CT molecular complexity index is 649. The summed E-state index contributed by atoms with van der Waals surface area (Å²) in [6, 6.07) is 7.31. The number of ketones is 1. The molecule has 0 spiro atoms. The van der Waals surface area contributed by atoms with Gasteiger partial charge in [0.2, 0.25) is 0 Å². The number of Topliss-reactive ketones (excluding diaryl/α,β-unsaturated/α-hetero) is 1. The maximum absolute atomic E-state index is 12.7. The molecular weight excluding hydrogens is 310 g/mol. The first kappa shape index (κ1) is 17.7. The highest BCUT2D eigenvalue weighted by Crippen LogP contribution is 2.40. The minimum absolute atomic E-state index is 0.0328. The third kappa shape index (κ3) is 3.50. The molecule has 1 N–H and O–H groups in total. The van der Waals surface area contributed by atoms with Crippen molar-refractivity contribution in [3.05, 3.63) is 41.0 Å². The van der Waals surface area contributed by atoms with E-state index in [0.717, 1.165) is 18.4 Å². The van der Waals surface area contributed by atoms with Crippen molar-refractivity contribution < 1.29 is 9.59 Å². The van der Waals surface area contributed by atoms with Gasteiger partial charge in [-0.25, -0.2) is 0 Å². The quantitative estimate of drug-likeness (QED) is 0.626. The molecule has 0 saturated carbocycles. The molecule has 1 aliphatic rings. The van der Waals surface area contributed by atoms with E-state index in [1.54, 1.807) is 6.07 Å². The average Bonchev–Trinajstić information content (AvgIpc) is 2.79. The molecule has 1 aromatic carbocycles. The lowest BCUT2D eigenvalue weighted by molar-refractivity contribution is -0.117. The summed E-state index contributed by atoms with van der Waals surface area (Å²) in [6.07, 6.45) is 1.97. The lowest BCUT2D eigenvalue weighted by Gasteiger charge is -2.21. The van der Waals surface area contributed by atoms with Gasteiger partial charge in [-0.1, -0.05) is 44.5 Å². The van der Waals surface area contributed by atoms with Gasteiger partial charge >= 0.3 is 0 Å². The van der Waals surface area contributed by atoms with Crippen molar-refractivity contribution in [2.75, 3.05) is 0 Å². The number of alkyl halides is 1. The van der Waals surface area contributed by atoms with Gasteiger partial charge in [-0.05, 0) is 37.3 Å². The van der Waals surface area contributed by atoms with E-state index in [0.29, 0.717) is 11.1 Å². The van der Waals surface area contributed by atoms with E-state index in [2.05, 4.69) is 19.2 Å². The van der Waals surface area contributed by atoms with Crippen LogP contribution >= 0.6 is 11.6 Å². The maximum Gasteiger partial charge on any atom is 0.255 e. The summed E-state index contributed by atoms with van der Waals surface area (Å²) in [5, 5.41) is 2.48. The molecule has 0 fully saturated rings. The van der Waals surface area contributed by atoms with Gasteiger partial charge in [0.25, 0.3) is 5.91 Å².